The number of aromatic nitrogens is 2. The van der Waals surface area contributed by atoms with Crippen LogP contribution in [0.2, 0.25) is 0 Å². The summed E-state index contributed by atoms with van der Waals surface area (Å²) in [6.45, 7) is 2.28. The Morgan fingerprint density at radius 2 is 2.12 bits per heavy atom. The van der Waals surface area contributed by atoms with Crippen molar-refractivity contribution in [1.82, 2.24) is 14.9 Å². The van der Waals surface area contributed by atoms with Crippen LogP contribution in [-0.4, -0.2) is 46.2 Å². The van der Waals surface area contributed by atoms with E-state index in [1.807, 2.05) is 17.8 Å². The van der Waals surface area contributed by atoms with E-state index < -0.39 is 0 Å². The van der Waals surface area contributed by atoms with E-state index in [0.29, 0.717) is 22.7 Å². The van der Waals surface area contributed by atoms with E-state index in [1.165, 1.54) is 10.9 Å². The monoisotopic (exact) mass is 347 g/mol. The molecule has 0 bridgehead atoms. The summed E-state index contributed by atoms with van der Waals surface area (Å²) in [4.78, 5) is 28.6. The SMILES string of the molecule is O=C(Cn1cnc2ccccc2c1=O)NCCSC1CCOCC1. The van der Waals surface area contributed by atoms with E-state index in [4.69, 9.17) is 4.74 Å². The molecular weight excluding hydrogens is 326 g/mol. The first-order valence-corrected chi connectivity index (χ1v) is 9.19. The predicted molar refractivity (Wildman–Crippen MR) is 95.3 cm³/mol. The quantitative estimate of drug-likeness (QED) is 0.800. The molecule has 1 aromatic heterocycles. The molecular formula is C17H21N3O3S. The maximum absolute atomic E-state index is 12.3. The third-order valence-electron chi connectivity index (χ3n) is 3.99. The number of nitrogens with one attached hydrogen (secondary N) is 1. The summed E-state index contributed by atoms with van der Waals surface area (Å²) in [7, 11) is 0. The summed E-state index contributed by atoms with van der Waals surface area (Å²) in [5.41, 5.74) is 0.458. The zero-order valence-electron chi connectivity index (χ0n) is 13.4. The molecule has 2 aromatic rings. The minimum absolute atomic E-state index is 0.00139. The summed E-state index contributed by atoms with van der Waals surface area (Å²) in [6, 6.07) is 7.14. The van der Waals surface area contributed by atoms with Crippen LogP contribution >= 0.6 is 11.8 Å². The average molecular weight is 347 g/mol. The second-order valence-corrected chi connectivity index (χ2v) is 7.14. The van der Waals surface area contributed by atoms with Gasteiger partial charge in [-0.15, -0.1) is 0 Å². The molecule has 1 aliphatic rings. The number of hydrogen-bond acceptors (Lipinski definition) is 5. The standard InChI is InChI=1S/C17H21N3O3S/c21-16(18-7-10-24-13-5-8-23-9-6-13)11-20-12-19-15-4-2-1-3-14(15)17(20)22/h1-4,12-13H,5-11H2,(H,18,21). The van der Waals surface area contributed by atoms with Crippen molar-refractivity contribution in [3.8, 4) is 0 Å². The van der Waals surface area contributed by atoms with Gasteiger partial charge in [0.1, 0.15) is 6.54 Å². The van der Waals surface area contributed by atoms with Gasteiger partial charge in [0.15, 0.2) is 0 Å². The summed E-state index contributed by atoms with van der Waals surface area (Å²) in [5.74, 6) is 0.711. The van der Waals surface area contributed by atoms with Crippen molar-refractivity contribution in [2.24, 2.45) is 0 Å². The van der Waals surface area contributed by atoms with Crippen molar-refractivity contribution in [2.45, 2.75) is 24.6 Å². The first-order chi connectivity index (χ1) is 11.7. The van der Waals surface area contributed by atoms with Gasteiger partial charge in [-0.05, 0) is 25.0 Å². The Balaban J connectivity index is 1.48. The highest BCUT2D eigenvalue weighted by molar-refractivity contribution is 7.99. The van der Waals surface area contributed by atoms with E-state index in [-0.39, 0.29) is 18.0 Å². The molecule has 6 nitrogen and oxygen atoms in total. The Labute approximate surface area is 144 Å². The molecule has 2 heterocycles. The summed E-state index contributed by atoms with van der Waals surface area (Å²) in [6.07, 6.45) is 3.59. The second kappa shape index (κ2) is 8.30. The van der Waals surface area contributed by atoms with Crippen LogP contribution in [0.4, 0.5) is 0 Å². The minimum atomic E-state index is -0.188. The number of carbonyl (C=O) groups is 1. The second-order valence-electron chi connectivity index (χ2n) is 5.73. The van der Waals surface area contributed by atoms with E-state index in [2.05, 4.69) is 10.3 Å². The van der Waals surface area contributed by atoms with Crippen molar-refractivity contribution in [3.05, 3.63) is 40.9 Å². The van der Waals surface area contributed by atoms with Gasteiger partial charge in [-0.1, -0.05) is 12.1 Å². The number of amides is 1. The molecule has 128 valence electrons. The first-order valence-electron chi connectivity index (χ1n) is 8.14. The van der Waals surface area contributed by atoms with Crippen molar-refractivity contribution in [2.75, 3.05) is 25.5 Å². The molecule has 1 aromatic carbocycles. The lowest BCUT2D eigenvalue weighted by Gasteiger charge is -2.21. The molecule has 0 radical (unpaired) electrons. The largest absolute Gasteiger partial charge is 0.381 e. The maximum Gasteiger partial charge on any atom is 0.261 e. The van der Waals surface area contributed by atoms with Crippen LogP contribution in [0.5, 0.6) is 0 Å². The van der Waals surface area contributed by atoms with Gasteiger partial charge in [-0.25, -0.2) is 4.98 Å². The Morgan fingerprint density at radius 1 is 1.33 bits per heavy atom. The van der Waals surface area contributed by atoms with Gasteiger partial charge in [-0.2, -0.15) is 11.8 Å². The Morgan fingerprint density at radius 3 is 2.96 bits per heavy atom. The van der Waals surface area contributed by atoms with Crippen LogP contribution in [-0.2, 0) is 16.1 Å². The van der Waals surface area contributed by atoms with Gasteiger partial charge >= 0.3 is 0 Å². The minimum Gasteiger partial charge on any atom is -0.381 e. The molecule has 0 aliphatic carbocycles. The lowest BCUT2D eigenvalue weighted by atomic mass is 10.2. The van der Waals surface area contributed by atoms with Crippen LogP contribution in [0, 0.1) is 0 Å². The van der Waals surface area contributed by atoms with Gasteiger partial charge < -0.3 is 10.1 Å². The smallest absolute Gasteiger partial charge is 0.261 e. The highest BCUT2D eigenvalue weighted by Crippen LogP contribution is 2.21. The molecule has 0 saturated carbocycles. The fourth-order valence-corrected chi connectivity index (χ4v) is 3.77. The molecule has 0 atom stereocenters. The fraction of sp³-hybridized carbons (Fsp3) is 0.471. The molecule has 0 spiro atoms. The maximum atomic E-state index is 12.3. The van der Waals surface area contributed by atoms with Gasteiger partial charge in [0, 0.05) is 30.8 Å². The van der Waals surface area contributed by atoms with Crippen LogP contribution in [0.3, 0.4) is 0 Å². The molecule has 1 fully saturated rings. The third kappa shape index (κ3) is 4.36. The number of carbonyl (C=O) groups excluding carboxylic acids is 1. The van der Waals surface area contributed by atoms with Crippen molar-refractivity contribution >= 4 is 28.6 Å². The predicted octanol–water partition coefficient (Wildman–Crippen LogP) is 1.42. The van der Waals surface area contributed by atoms with Crippen LogP contribution in [0.1, 0.15) is 12.8 Å². The number of fused-ring (bicyclic) bond motifs is 1. The van der Waals surface area contributed by atoms with Gasteiger partial charge in [0.2, 0.25) is 5.91 Å². The number of thioether (sulfide) groups is 1. The lowest BCUT2D eigenvalue weighted by molar-refractivity contribution is -0.121. The normalized spacial score (nSPS) is 15.5. The van der Waals surface area contributed by atoms with Crippen molar-refractivity contribution in [3.63, 3.8) is 0 Å². The van der Waals surface area contributed by atoms with E-state index in [0.717, 1.165) is 31.8 Å². The number of rotatable bonds is 6. The van der Waals surface area contributed by atoms with Crippen molar-refractivity contribution in [1.29, 1.82) is 0 Å². The molecule has 7 heteroatoms. The van der Waals surface area contributed by atoms with E-state index in [1.54, 1.807) is 18.2 Å². The van der Waals surface area contributed by atoms with Crippen molar-refractivity contribution < 1.29 is 9.53 Å². The van der Waals surface area contributed by atoms with E-state index in [9.17, 15) is 9.59 Å². The van der Waals surface area contributed by atoms with Gasteiger partial charge in [0.25, 0.3) is 5.56 Å². The molecule has 1 saturated heterocycles. The zero-order valence-corrected chi connectivity index (χ0v) is 14.3. The summed E-state index contributed by atoms with van der Waals surface area (Å²) in [5, 5.41) is 4.03. The molecule has 24 heavy (non-hydrogen) atoms. The Bertz CT molecular complexity index is 756. The number of nitrogens with zero attached hydrogens (tertiary/aromatic N) is 2. The van der Waals surface area contributed by atoms with Crippen LogP contribution in [0.25, 0.3) is 10.9 Å². The average Bonchev–Trinajstić information content (AvgIpc) is 2.62. The number of ether oxygens (including phenoxy) is 1. The molecule has 1 N–H and O–H groups in total. The first kappa shape index (κ1) is 17.0. The highest BCUT2D eigenvalue weighted by Gasteiger charge is 2.14. The number of para-hydroxylation sites is 1. The van der Waals surface area contributed by atoms with Crippen LogP contribution < -0.4 is 10.9 Å². The fourth-order valence-electron chi connectivity index (χ4n) is 2.69. The van der Waals surface area contributed by atoms with E-state index >= 15 is 0 Å². The number of hydrogen-bond donors (Lipinski definition) is 1. The molecule has 1 amide bonds. The molecule has 1 aliphatic heterocycles. The summed E-state index contributed by atoms with van der Waals surface area (Å²) >= 11 is 1.88. The molecule has 0 unspecified atom stereocenters. The van der Waals surface area contributed by atoms with Crippen LogP contribution in [0.15, 0.2) is 35.4 Å². The van der Waals surface area contributed by atoms with Gasteiger partial charge in [0.05, 0.1) is 17.2 Å². The third-order valence-corrected chi connectivity index (χ3v) is 5.37. The summed E-state index contributed by atoms with van der Waals surface area (Å²) < 4.78 is 6.68. The Hall–Kier alpha value is -1.86. The Kier molecular flexibility index (Phi) is 5.87. The zero-order chi connectivity index (χ0) is 16.8. The molecule has 3 rings (SSSR count). The topological polar surface area (TPSA) is 73.2 Å². The number of benzene rings is 1. The lowest BCUT2D eigenvalue weighted by Crippen LogP contribution is -2.33. The van der Waals surface area contributed by atoms with Gasteiger partial charge in [-0.3, -0.25) is 14.2 Å². The highest BCUT2D eigenvalue weighted by atomic mass is 32.2.